The largest absolute Gasteiger partial charge is 0.443 e. The molecule has 1 spiro atoms. The molecule has 0 radical (unpaired) electrons. The maximum absolute atomic E-state index is 12.6. The number of carbonyl (C=O) groups is 1. The van der Waals surface area contributed by atoms with Crippen LogP contribution >= 0.6 is 0 Å². The number of nitrogens with one attached hydrogen (secondary N) is 1. The molecule has 6 rings (SSSR count). The molecule has 0 aromatic carbocycles. The third-order valence-corrected chi connectivity index (χ3v) is 10.0. The van der Waals surface area contributed by atoms with Crippen LogP contribution in [0.5, 0.6) is 0 Å². The van der Waals surface area contributed by atoms with Crippen molar-refractivity contribution in [2.75, 3.05) is 19.6 Å². The van der Waals surface area contributed by atoms with Gasteiger partial charge < -0.3 is 19.5 Å². The summed E-state index contributed by atoms with van der Waals surface area (Å²) in [4.78, 5) is 19.5. The molecule has 2 aromatic heterocycles. The Balaban J connectivity index is 1.18. The molecule has 1 N–H and O–H groups in total. The molecule has 0 bridgehead atoms. The van der Waals surface area contributed by atoms with Gasteiger partial charge in [0, 0.05) is 56.3 Å². The lowest BCUT2D eigenvalue weighted by atomic mass is 9.63. The Kier molecular flexibility index (Phi) is 7.71. The molecule has 9 heteroatoms. The summed E-state index contributed by atoms with van der Waals surface area (Å²) in [6.07, 6.45) is 20.2. The van der Waals surface area contributed by atoms with Crippen molar-refractivity contribution in [2.24, 2.45) is 12.5 Å². The van der Waals surface area contributed by atoms with E-state index in [2.05, 4.69) is 21.8 Å². The Labute approximate surface area is 232 Å². The first kappa shape index (κ1) is 26.8. The number of amides is 1. The summed E-state index contributed by atoms with van der Waals surface area (Å²) < 4.78 is 13.7. The van der Waals surface area contributed by atoms with E-state index in [1.54, 1.807) is 0 Å². The fraction of sp³-hybridized carbons (Fsp3) is 0.800. The second-order valence-corrected chi connectivity index (χ2v) is 13.1. The second kappa shape index (κ2) is 11.2. The summed E-state index contributed by atoms with van der Waals surface area (Å²) in [6.45, 7) is 4.37. The van der Waals surface area contributed by atoms with Crippen molar-refractivity contribution in [2.45, 2.75) is 120 Å². The zero-order valence-electron chi connectivity index (χ0n) is 23.9. The van der Waals surface area contributed by atoms with Gasteiger partial charge in [-0.15, -0.1) is 0 Å². The molecule has 2 aliphatic carbocycles. The Hall–Kier alpha value is -2.42. The molecule has 2 aromatic rings. The number of hydrogen-bond acceptors (Lipinski definition) is 7. The van der Waals surface area contributed by atoms with E-state index in [9.17, 15) is 4.79 Å². The van der Waals surface area contributed by atoms with Crippen LogP contribution in [0, 0.1) is 5.41 Å². The predicted octanol–water partition coefficient (Wildman–Crippen LogP) is 6.00. The first-order valence-electron chi connectivity index (χ1n) is 15.5. The van der Waals surface area contributed by atoms with Crippen LogP contribution in [-0.2, 0) is 11.8 Å². The van der Waals surface area contributed by atoms with E-state index in [4.69, 9.17) is 14.2 Å². The first-order valence-corrected chi connectivity index (χ1v) is 15.5. The molecule has 4 aliphatic rings. The minimum Gasteiger partial charge on any atom is -0.443 e. The number of ether oxygens (including phenoxy) is 1. The quantitative estimate of drug-likeness (QED) is 0.510. The van der Waals surface area contributed by atoms with Gasteiger partial charge in [0.1, 0.15) is 5.60 Å². The molecule has 2 saturated heterocycles. The highest BCUT2D eigenvalue weighted by atomic mass is 16.6. The van der Waals surface area contributed by atoms with Gasteiger partial charge in [0.25, 0.3) is 0 Å². The summed E-state index contributed by atoms with van der Waals surface area (Å²) >= 11 is 0. The van der Waals surface area contributed by atoms with E-state index in [0.717, 1.165) is 50.4 Å². The van der Waals surface area contributed by atoms with Gasteiger partial charge >= 0.3 is 6.09 Å². The lowest BCUT2D eigenvalue weighted by molar-refractivity contribution is 0.0518. The molecule has 1 amide bonds. The van der Waals surface area contributed by atoms with E-state index in [0.29, 0.717) is 13.1 Å². The van der Waals surface area contributed by atoms with E-state index >= 15 is 0 Å². The molecule has 4 heterocycles. The van der Waals surface area contributed by atoms with Gasteiger partial charge in [-0.2, -0.15) is 10.1 Å². The number of aryl methyl sites for hydroxylation is 1. The summed E-state index contributed by atoms with van der Waals surface area (Å²) in [6, 6.07) is 0.239. The van der Waals surface area contributed by atoms with Gasteiger partial charge in [-0.1, -0.05) is 50.1 Å². The van der Waals surface area contributed by atoms with Gasteiger partial charge in [0.05, 0.1) is 6.20 Å². The maximum atomic E-state index is 12.6. The zero-order valence-corrected chi connectivity index (χ0v) is 23.9. The SMILES string of the molecule is Cn1cc(C2CC(c3nc(C4CCN(C(=O)OC5(C)CC5)CC4)no3)C3(CCCCCCCCC3)CN2)cn1. The van der Waals surface area contributed by atoms with Crippen LogP contribution in [-0.4, -0.2) is 56.1 Å². The Bertz CT molecular complexity index is 1110. The van der Waals surface area contributed by atoms with Crippen LogP contribution in [0.1, 0.15) is 132 Å². The van der Waals surface area contributed by atoms with Crippen LogP contribution < -0.4 is 5.32 Å². The third-order valence-electron chi connectivity index (χ3n) is 10.0. The molecule has 2 aliphatic heterocycles. The fourth-order valence-corrected chi connectivity index (χ4v) is 7.17. The second-order valence-electron chi connectivity index (χ2n) is 13.1. The summed E-state index contributed by atoms with van der Waals surface area (Å²) in [7, 11) is 1.98. The Morgan fingerprint density at radius 1 is 1.05 bits per heavy atom. The molecule has 2 saturated carbocycles. The van der Waals surface area contributed by atoms with Gasteiger partial charge in [0.15, 0.2) is 5.82 Å². The molecule has 39 heavy (non-hydrogen) atoms. The Morgan fingerprint density at radius 2 is 1.74 bits per heavy atom. The van der Waals surface area contributed by atoms with Gasteiger partial charge in [-0.05, 0) is 57.3 Å². The van der Waals surface area contributed by atoms with Crippen LogP contribution in [0.25, 0.3) is 0 Å². The van der Waals surface area contributed by atoms with Crippen LogP contribution in [0.3, 0.4) is 0 Å². The number of carbonyl (C=O) groups excluding carboxylic acids is 1. The average Bonchev–Trinajstić information content (AvgIpc) is 3.30. The van der Waals surface area contributed by atoms with Crippen LogP contribution in [0.2, 0.25) is 0 Å². The number of hydrogen-bond donors (Lipinski definition) is 1. The molecule has 2 atom stereocenters. The highest BCUT2D eigenvalue weighted by Crippen LogP contribution is 2.51. The number of nitrogens with zero attached hydrogens (tertiary/aromatic N) is 5. The van der Waals surface area contributed by atoms with Gasteiger partial charge in [-0.25, -0.2) is 4.79 Å². The van der Waals surface area contributed by atoms with Crippen LogP contribution in [0.15, 0.2) is 16.9 Å². The first-order chi connectivity index (χ1) is 18.9. The minimum atomic E-state index is -0.232. The highest BCUT2D eigenvalue weighted by molar-refractivity contribution is 5.68. The third kappa shape index (κ3) is 6.03. The summed E-state index contributed by atoms with van der Waals surface area (Å²) in [5, 5.41) is 12.9. The van der Waals surface area contributed by atoms with E-state index in [1.807, 2.05) is 29.7 Å². The molecule has 214 valence electrons. The number of rotatable bonds is 4. The molecule has 9 nitrogen and oxygen atoms in total. The van der Waals surface area contributed by atoms with Crippen LogP contribution in [0.4, 0.5) is 4.79 Å². The lowest BCUT2D eigenvalue weighted by Gasteiger charge is -2.46. The summed E-state index contributed by atoms with van der Waals surface area (Å²) in [5.41, 5.74) is 1.15. The number of aromatic nitrogens is 4. The maximum Gasteiger partial charge on any atom is 0.410 e. The number of piperidine rings is 2. The standard InChI is InChI=1S/C30H46N6O3/c1-29(14-15-29)38-28(37)36-16-10-22(11-17-36)26-33-27(39-34-26)24-18-25(23-19-32-35(2)20-23)31-21-30(24)12-8-6-4-3-5-7-9-13-30/h19-20,22,24-25,31H,3-18,21H2,1-2H3. The van der Waals surface area contributed by atoms with Crippen molar-refractivity contribution >= 4 is 6.09 Å². The van der Waals surface area contributed by atoms with Crippen molar-refractivity contribution in [3.05, 3.63) is 29.7 Å². The average molecular weight is 539 g/mol. The monoisotopic (exact) mass is 538 g/mol. The molecular weight excluding hydrogens is 492 g/mol. The molecule has 4 fully saturated rings. The predicted molar refractivity (Wildman–Crippen MR) is 147 cm³/mol. The highest BCUT2D eigenvalue weighted by Gasteiger charge is 2.47. The normalized spacial score (nSPS) is 27.8. The van der Waals surface area contributed by atoms with Crippen molar-refractivity contribution in [3.8, 4) is 0 Å². The van der Waals surface area contributed by atoms with Gasteiger partial charge in [-0.3, -0.25) is 4.68 Å². The van der Waals surface area contributed by atoms with Crippen molar-refractivity contribution in [1.82, 2.24) is 30.1 Å². The lowest BCUT2D eigenvalue weighted by Crippen LogP contribution is -2.47. The summed E-state index contributed by atoms with van der Waals surface area (Å²) in [5.74, 6) is 2.09. The molecular formula is C30H46N6O3. The number of likely N-dealkylation sites (tertiary alicyclic amines) is 1. The Morgan fingerprint density at radius 3 is 2.38 bits per heavy atom. The van der Waals surface area contributed by atoms with Crippen molar-refractivity contribution in [1.29, 1.82) is 0 Å². The van der Waals surface area contributed by atoms with E-state index in [-0.39, 0.29) is 35.0 Å². The zero-order chi connectivity index (χ0) is 26.9. The van der Waals surface area contributed by atoms with E-state index in [1.165, 1.54) is 63.4 Å². The smallest absolute Gasteiger partial charge is 0.410 e. The van der Waals surface area contributed by atoms with Crippen molar-refractivity contribution in [3.63, 3.8) is 0 Å². The van der Waals surface area contributed by atoms with Gasteiger partial charge in [0.2, 0.25) is 5.89 Å². The minimum absolute atomic E-state index is 0.145. The fourth-order valence-electron chi connectivity index (χ4n) is 7.17. The van der Waals surface area contributed by atoms with Crippen molar-refractivity contribution < 1.29 is 14.1 Å². The van der Waals surface area contributed by atoms with E-state index < -0.39 is 0 Å². The topological polar surface area (TPSA) is 98.3 Å². The molecule has 2 unspecified atom stereocenters.